The van der Waals surface area contributed by atoms with Crippen LogP contribution in [0.4, 0.5) is 5.82 Å². The molecular weight excluding hydrogens is 484 g/mol. The van der Waals surface area contributed by atoms with Crippen molar-refractivity contribution in [1.82, 2.24) is 25.1 Å². The van der Waals surface area contributed by atoms with E-state index in [0.29, 0.717) is 6.54 Å². The molecule has 1 amide bonds. The fraction of sp³-hybridized carbons (Fsp3) is 0.344. The highest BCUT2D eigenvalue weighted by Crippen LogP contribution is 2.36. The molecule has 196 valence electrons. The number of aromatic nitrogens is 2. The lowest BCUT2D eigenvalue weighted by molar-refractivity contribution is -0.125. The molecule has 3 heterocycles. The molecule has 1 aromatic heterocycles. The van der Waals surface area contributed by atoms with E-state index < -0.39 is 0 Å². The predicted octanol–water partition coefficient (Wildman–Crippen LogP) is 4.01. The molecule has 2 aliphatic heterocycles. The van der Waals surface area contributed by atoms with Crippen LogP contribution >= 0.6 is 0 Å². The van der Waals surface area contributed by atoms with Crippen LogP contribution in [-0.2, 0) is 24.3 Å². The van der Waals surface area contributed by atoms with Gasteiger partial charge in [-0.3, -0.25) is 14.6 Å². The number of amides is 1. The molecule has 3 aromatic carbocycles. The van der Waals surface area contributed by atoms with Crippen molar-refractivity contribution in [2.75, 3.05) is 25.0 Å². The standard InChI is InChI=1S/C32H32N6O/c1-20(2)30-32(39)35-29-19-37(17-21-11-12-25-23(15-21)16-22-7-3-4-8-24(22)25)13-14-38(29)18-28-33-27-10-6-5-9-26(27)31(34-28)36-30/h4-6,8-12,15,20,29-30H,13-14,16-19H2,1-2H3,(H,35,39)(H,33,34,36)/t29?,30-/m0/s1. The Kier molecular flexibility index (Phi) is 5.95. The zero-order valence-corrected chi connectivity index (χ0v) is 22.4. The number of nitrogens with one attached hydrogen (secondary N) is 2. The molecule has 4 aromatic rings. The summed E-state index contributed by atoms with van der Waals surface area (Å²) in [5.74, 6) is 1.62. The lowest BCUT2D eigenvalue weighted by Gasteiger charge is -2.42. The summed E-state index contributed by atoms with van der Waals surface area (Å²) in [5.41, 5.74) is 7.38. The monoisotopic (exact) mass is 516 g/mol. The molecule has 7 heteroatoms. The van der Waals surface area contributed by atoms with Gasteiger partial charge < -0.3 is 10.6 Å². The first-order chi connectivity index (χ1) is 19.0. The molecule has 1 unspecified atom stereocenters. The third-order valence-corrected chi connectivity index (χ3v) is 8.23. The highest BCUT2D eigenvalue weighted by Gasteiger charge is 2.33. The van der Waals surface area contributed by atoms with Crippen LogP contribution in [0.3, 0.4) is 0 Å². The maximum Gasteiger partial charge on any atom is 0.244 e. The van der Waals surface area contributed by atoms with Gasteiger partial charge in [-0.2, -0.15) is 0 Å². The van der Waals surface area contributed by atoms with Crippen LogP contribution in [0.1, 0.15) is 36.4 Å². The molecule has 7 nitrogen and oxygen atoms in total. The van der Waals surface area contributed by atoms with Crippen LogP contribution in [0, 0.1) is 18.1 Å². The van der Waals surface area contributed by atoms with E-state index in [2.05, 4.69) is 70.7 Å². The van der Waals surface area contributed by atoms with E-state index in [0.717, 1.165) is 55.1 Å². The first kappa shape index (κ1) is 24.1. The Morgan fingerprint density at radius 3 is 2.85 bits per heavy atom. The SMILES string of the molecule is CC(C)[C@@H]1Nc2nc(nc3ccccc23)CN2CCN(Cc3ccc4c(c3)Cc3c#cccc3-4)CC2NC1=O. The molecule has 1 saturated heterocycles. The number of carbonyl (C=O) groups is 1. The summed E-state index contributed by atoms with van der Waals surface area (Å²) >= 11 is 0. The van der Waals surface area contributed by atoms with E-state index in [9.17, 15) is 4.79 Å². The molecule has 3 aliphatic rings. The Hall–Kier alpha value is -3.99. The minimum Gasteiger partial charge on any atom is -0.358 e. The van der Waals surface area contributed by atoms with Gasteiger partial charge in [-0.25, -0.2) is 9.97 Å². The molecule has 0 radical (unpaired) electrons. The van der Waals surface area contributed by atoms with Gasteiger partial charge in [-0.05, 0) is 52.4 Å². The Labute approximate surface area is 229 Å². The highest BCUT2D eigenvalue weighted by molar-refractivity contribution is 5.92. The second-order valence-electron chi connectivity index (χ2n) is 11.3. The van der Waals surface area contributed by atoms with Crippen molar-refractivity contribution < 1.29 is 4.79 Å². The van der Waals surface area contributed by atoms with Crippen LogP contribution in [0.5, 0.6) is 0 Å². The lowest BCUT2D eigenvalue weighted by Crippen LogP contribution is -2.62. The summed E-state index contributed by atoms with van der Waals surface area (Å²) in [4.78, 5) is 28.1. The van der Waals surface area contributed by atoms with Gasteiger partial charge in [-0.1, -0.05) is 56.3 Å². The number of hydrogen-bond donors (Lipinski definition) is 2. The van der Waals surface area contributed by atoms with Gasteiger partial charge >= 0.3 is 0 Å². The van der Waals surface area contributed by atoms with Crippen molar-refractivity contribution in [1.29, 1.82) is 0 Å². The molecule has 2 N–H and O–H groups in total. The lowest BCUT2D eigenvalue weighted by atomic mass is 10.0. The topological polar surface area (TPSA) is 73.4 Å². The van der Waals surface area contributed by atoms with E-state index in [4.69, 9.17) is 9.97 Å². The first-order valence-electron chi connectivity index (χ1n) is 13.8. The van der Waals surface area contributed by atoms with Gasteiger partial charge in [0.1, 0.15) is 17.7 Å². The normalized spacial score (nSPS) is 20.9. The van der Waals surface area contributed by atoms with Crippen molar-refractivity contribution in [3.63, 3.8) is 0 Å². The largest absolute Gasteiger partial charge is 0.358 e. The van der Waals surface area contributed by atoms with Crippen LogP contribution in [-0.4, -0.2) is 57.5 Å². The number of fused-ring (bicyclic) bond motifs is 8. The van der Waals surface area contributed by atoms with Crippen LogP contribution < -0.4 is 10.6 Å². The zero-order valence-electron chi connectivity index (χ0n) is 22.4. The zero-order chi connectivity index (χ0) is 26.5. The third kappa shape index (κ3) is 4.50. The van der Waals surface area contributed by atoms with Crippen molar-refractivity contribution in [3.05, 3.63) is 89.2 Å². The van der Waals surface area contributed by atoms with E-state index in [1.807, 2.05) is 30.3 Å². The van der Waals surface area contributed by atoms with E-state index in [1.165, 1.54) is 27.8 Å². The molecule has 39 heavy (non-hydrogen) atoms. The number of carbonyl (C=O) groups excluding carboxylic acids is 1. The van der Waals surface area contributed by atoms with Gasteiger partial charge in [0.15, 0.2) is 0 Å². The molecule has 0 saturated carbocycles. The molecule has 7 rings (SSSR count). The number of anilines is 1. The Morgan fingerprint density at radius 1 is 1.05 bits per heavy atom. The minimum absolute atomic E-state index is 0.0105. The maximum atomic E-state index is 13.6. The van der Waals surface area contributed by atoms with Gasteiger partial charge in [0.2, 0.25) is 5.91 Å². The maximum absolute atomic E-state index is 13.6. The molecule has 0 spiro atoms. The van der Waals surface area contributed by atoms with Gasteiger partial charge in [0, 0.05) is 43.5 Å². The second kappa shape index (κ2) is 9.64. The number of para-hydroxylation sites is 1. The average molecular weight is 517 g/mol. The summed E-state index contributed by atoms with van der Waals surface area (Å²) in [7, 11) is 0. The quantitative estimate of drug-likeness (QED) is 0.378. The fourth-order valence-corrected chi connectivity index (χ4v) is 6.19. The smallest absolute Gasteiger partial charge is 0.244 e. The molecule has 2 bridgehead atoms. The Morgan fingerprint density at radius 2 is 1.95 bits per heavy atom. The van der Waals surface area contributed by atoms with Gasteiger partial charge in [0.05, 0.1) is 18.2 Å². The molecular formula is C32H32N6O. The van der Waals surface area contributed by atoms with E-state index in [-0.39, 0.29) is 24.0 Å². The minimum atomic E-state index is -0.390. The number of rotatable bonds is 3. The van der Waals surface area contributed by atoms with E-state index in [1.54, 1.807) is 0 Å². The number of benzene rings is 2. The van der Waals surface area contributed by atoms with Crippen molar-refractivity contribution >= 4 is 22.6 Å². The van der Waals surface area contributed by atoms with Crippen molar-refractivity contribution in [3.8, 4) is 11.1 Å². The summed E-state index contributed by atoms with van der Waals surface area (Å²) in [6.07, 6.45) is 0.800. The van der Waals surface area contributed by atoms with Crippen LogP contribution in [0.25, 0.3) is 22.0 Å². The van der Waals surface area contributed by atoms with Crippen molar-refractivity contribution in [2.24, 2.45) is 5.92 Å². The van der Waals surface area contributed by atoms with Crippen molar-refractivity contribution in [2.45, 2.75) is 45.6 Å². The first-order valence-corrected chi connectivity index (χ1v) is 13.8. The highest BCUT2D eigenvalue weighted by atomic mass is 16.2. The predicted molar refractivity (Wildman–Crippen MR) is 152 cm³/mol. The summed E-state index contributed by atoms with van der Waals surface area (Å²) < 4.78 is 0. The number of hydrogen-bond acceptors (Lipinski definition) is 6. The molecule has 1 fully saturated rings. The summed E-state index contributed by atoms with van der Waals surface area (Å²) in [5, 5.41) is 7.77. The molecule has 1 aliphatic carbocycles. The number of piperazine rings is 1. The third-order valence-electron chi connectivity index (χ3n) is 8.23. The Balaban J connectivity index is 1.14. The van der Waals surface area contributed by atoms with Gasteiger partial charge in [-0.15, -0.1) is 0 Å². The summed E-state index contributed by atoms with van der Waals surface area (Å²) in [6.45, 7) is 8.07. The average Bonchev–Trinajstić information content (AvgIpc) is 3.30. The second-order valence-corrected chi connectivity index (χ2v) is 11.3. The fourth-order valence-electron chi connectivity index (χ4n) is 6.19. The van der Waals surface area contributed by atoms with E-state index >= 15 is 0 Å². The summed E-state index contributed by atoms with van der Waals surface area (Å²) in [6, 6.07) is 24.9. The molecule has 2 atom stereocenters. The van der Waals surface area contributed by atoms with Crippen LogP contribution in [0.15, 0.2) is 54.6 Å². The van der Waals surface area contributed by atoms with Gasteiger partial charge in [0.25, 0.3) is 0 Å². The number of nitrogens with zero attached hydrogens (tertiary/aromatic N) is 4. The van der Waals surface area contributed by atoms with Crippen LogP contribution in [0.2, 0.25) is 0 Å². The Bertz CT molecular complexity index is 1570.